The lowest BCUT2D eigenvalue weighted by Crippen LogP contribution is -2.51. The van der Waals surface area contributed by atoms with Crippen molar-refractivity contribution in [1.29, 1.82) is 0 Å². The van der Waals surface area contributed by atoms with Crippen molar-refractivity contribution >= 4 is 27.7 Å². The molecule has 1 unspecified atom stereocenters. The van der Waals surface area contributed by atoms with E-state index in [9.17, 15) is 9.59 Å². The van der Waals surface area contributed by atoms with Crippen molar-refractivity contribution in [1.82, 2.24) is 15.5 Å². The van der Waals surface area contributed by atoms with Gasteiger partial charge in [0.15, 0.2) is 0 Å². The fraction of sp³-hybridized carbons (Fsp3) is 0.500. The molecule has 22 heavy (non-hydrogen) atoms. The van der Waals surface area contributed by atoms with E-state index < -0.39 is 6.04 Å². The summed E-state index contributed by atoms with van der Waals surface area (Å²) >= 11 is 3.36. The van der Waals surface area contributed by atoms with Gasteiger partial charge in [0.1, 0.15) is 6.04 Å². The highest BCUT2D eigenvalue weighted by atomic mass is 79.9. The number of rotatable bonds is 7. The van der Waals surface area contributed by atoms with Crippen molar-refractivity contribution in [2.75, 3.05) is 27.2 Å². The van der Waals surface area contributed by atoms with Gasteiger partial charge >= 0.3 is 0 Å². The van der Waals surface area contributed by atoms with Gasteiger partial charge in [0, 0.05) is 24.6 Å². The highest BCUT2D eigenvalue weighted by Gasteiger charge is 2.27. The molecule has 0 aliphatic heterocycles. The quantitative estimate of drug-likeness (QED) is 0.771. The number of halogens is 1. The van der Waals surface area contributed by atoms with E-state index in [0.29, 0.717) is 23.1 Å². The molecule has 0 radical (unpaired) electrons. The van der Waals surface area contributed by atoms with E-state index in [-0.39, 0.29) is 17.7 Å². The summed E-state index contributed by atoms with van der Waals surface area (Å²) in [5.41, 5.74) is 0.527. The Morgan fingerprint density at radius 1 is 1.27 bits per heavy atom. The molecule has 1 aromatic carbocycles. The number of carbonyl (C=O) groups is 2. The number of likely N-dealkylation sites (N-methyl/N-ethyl adjacent to an activating group) is 2. The highest BCUT2D eigenvalue weighted by Crippen LogP contribution is 2.16. The van der Waals surface area contributed by atoms with E-state index in [0.717, 1.165) is 0 Å². The third kappa shape index (κ3) is 5.10. The van der Waals surface area contributed by atoms with Crippen LogP contribution in [0.3, 0.4) is 0 Å². The van der Waals surface area contributed by atoms with Gasteiger partial charge in [-0.2, -0.15) is 0 Å². The van der Waals surface area contributed by atoms with Gasteiger partial charge in [-0.05, 0) is 41.0 Å². The van der Waals surface area contributed by atoms with Gasteiger partial charge in [0.05, 0.1) is 5.56 Å². The third-order valence-electron chi connectivity index (χ3n) is 3.41. The van der Waals surface area contributed by atoms with Crippen LogP contribution in [0.1, 0.15) is 24.2 Å². The maximum atomic E-state index is 12.5. The van der Waals surface area contributed by atoms with Gasteiger partial charge in [-0.3, -0.25) is 9.59 Å². The van der Waals surface area contributed by atoms with Gasteiger partial charge in [-0.25, -0.2) is 0 Å². The molecule has 2 amide bonds. The van der Waals surface area contributed by atoms with Crippen LogP contribution in [0.25, 0.3) is 0 Å². The molecule has 122 valence electrons. The summed E-state index contributed by atoms with van der Waals surface area (Å²) in [6, 6.07) is 6.63. The Bertz CT molecular complexity index is 520. The number of carbonyl (C=O) groups excluding carboxylic acids is 2. The molecule has 0 spiro atoms. The Kier molecular flexibility index (Phi) is 7.55. The Balaban J connectivity index is 2.82. The van der Waals surface area contributed by atoms with Crippen LogP contribution in [0.2, 0.25) is 0 Å². The first-order chi connectivity index (χ1) is 10.4. The Labute approximate surface area is 140 Å². The van der Waals surface area contributed by atoms with E-state index in [1.807, 2.05) is 27.0 Å². The smallest absolute Gasteiger partial charge is 0.253 e. The minimum atomic E-state index is -0.540. The van der Waals surface area contributed by atoms with Crippen LogP contribution in [-0.2, 0) is 4.79 Å². The molecule has 1 aromatic rings. The van der Waals surface area contributed by atoms with Crippen molar-refractivity contribution in [2.45, 2.75) is 19.9 Å². The van der Waals surface area contributed by atoms with Crippen LogP contribution < -0.4 is 10.6 Å². The van der Waals surface area contributed by atoms with E-state index in [1.165, 1.54) is 0 Å². The Morgan fingerprint density at radius 2 is 1.91 bits per heavy atom. The first-order valence-electron chi connectivity index (χ1n) is 7.33. The first kappa shape index (κ1) is 18.6. The molecule has 0 bridgehead atoms. The number of benzene rings is 1. The zero-order chi connectivity index (χ0) is 16.7. The van der Waals surface area contributed by atoms with Crippen LogP contribution >= 0.6 is 15.9 Å². The Hall–Kier alpha value is -1.40. The fourth-order valence-corrected chi connectivity index (χ4v) is 2.47. The second-order valence-electron chi connectivity index (χ2n) is 5.54. The van der Waals surface area contributed by atoms with Gasteiger partial charge in [0.25, 0.3) is 5.91 Å². The van der Waals surface area contributed by atoms with Crippen LogP contribution in [-0.4, -0.2) is 49.9 Å². The van der Waals surface area contributed by atoms with Gasteiger partial charge in [0.2, 0.25) is 5.91 Å². The van der Waals surface area contributed by atoms with Gasteiger partial charge in [-0.1, -0.05) is 26.0 Å². The standard InChI is InChI=1S/C16H24BrN3O2/c1-11(2)14(16(22)20(4)10-9-18-3)19-15(21)12-7-5-6-8-13(12)17/h5-8,11,14,18H,9-10H2,1-4H3,(H,19,21). The fourth-order valence-electron chi connectivity index (χ4n) is 2.01. The second kappa shape index (κ2) is 8.90. The number of amides is 2. The molecule has 5 nitrogen and oxygen atoms in total. The predicted molar refractivity (Wildman–Crippen MR) is 91.8 cm³/mol. The summed E-state index contributed by atoms with van der Waals surface area (Å²) in [7, 11) is 3.59. The van der Waals surface area contributed by atoms with Crippen LogP contribution in [0.15, 0.2) is 28.7 Å². The molecule has 0 aromatic heterocycles. The predicted octanol–water partition coefficient (Wildman–Crippen LogP) is 1.88. The van der Waals surface area contributed by atoms with Crippen molar-refractivity contribution in [3.63, 3.8) is 0 Å². The molecule has 0 fully saturated rings. The normalized spacial score (nSPS) is 12.1. The number of hydrogen-bond donors (Lipinski definition) is 2. The SMILES string of the molecule is CNCCN(C)C(=O)C(NC(=O)c1ccccc1Br)C(C)C. The summed E-state index contributed by atoms with van der Waals surface area (Å²) in [6.07, 6.45) is 0. The van der Waals surface area contributed by atoms with E-state index in [2.05, 4.69) is 26.6 Å². The highest BCUT2D eigenvalue weighted by molar-refractivity contribution is 9.10. The molecular formula is C16H24BrN3O2. The number of nitrogens with one attached hydrogen (secondary N) is 2. The largest absolute Gasteiger partial charge is 0.343 e. The Morgan fingerprint density at radius 3 is 2.45 bits per heavy atom. The van der Waals surface area contributed by atoms with Crippen molar-refractivity contribution in [3.8, 4) is 0 Å². The minimum Gasteiger partial charge on any atom is -0.343 e. The van der Waals surface area contributed by atoms with E-state index in [4.69, 9.17) is 0 Å². The number of nitrogens with zero attached hydrogens (tertiary/aromatic N) is 1. The second-order valence-corrected chi connectivity index (χ2v) is 6.39. The molecule has 0 saturated heterocycles. The summed E-state index contributed by atoms with van der Waals surface area (Å²) in [4.78, 5) is 26.6. The molecule has 2 N–H and O–H groups in total. The van der Waals surface area contributed by atoms with Crippen LogP contribution in [0, 0.1) is 5.92 Å². The zero-order valence-corrected chi connectivity index (χ0v) is 15.1. The van der Waals surface area contributed by atoms with Crippen molar-refractivity contribution < 1.29 is 9.59 Å². The molecule has 0 saturated carbocycles. The maximum Gasteiger partial charge on any atom is 0.253 e. The van der Waals surface area contributed by atoms with Crippen LogP contribution in [0.4, 0.5) is 0 Å². The molecule has 6 heteroatoms. The van der Waals surface area contributed by atoms with Gasteiger partial charge in [-0.15, -0.1) is 0 Å². The average molecular weight is 370 g/mol. The van der Waals surface area contributed by atoms with Crippen molar-refractivity contribution in [3.05, 3.63) is 34.3 Å². The summed E-state index contributed by atoms with van der Waals surface area (Å²) in [5.74, 6) is -0.317. The molecule has 1 rings (SSSR count). The first-order valence-corrected chi connectivity index (χ1v) is 8.12. The topological polar surface area (TPSA) is 61.4 Å². The summed E-state index contributed by atoms with van der Waals surface area (Å²) < 4.78 is 0.714. The minimum absolute atomic E-state index is 0.0102. The lowest BCUT2D eigenvalue weighted by molar-refractivity contribution is -0.132. The zero-order valence-electron chi connectivity index (χ0n) is 13.5. The van der Waals surface area contributed by atoms with E-state index >= 15 is 0 Å². The molecule has 0 heterocycles. The van der Waals surface area contributed by atoms with Crippen molar-refractivity contribution in [2.24, 2.45) is 5.92 Å². The maximum absolute atomic E-state index is 12.5. The molecule has 0 aliphatic rings. The molecular weight excluding hydrogens is 346 g/mol. The molecule has 1 atom stereocenters. The lowest BCUT2D eigenvalue weighted by Gasteiger charge is -2.27. The van der Waals surface area contributed by atoms with E-state index in [1.54, 1.807) is 30.1 Å². The average Bonchev–Trinajstić information content (AvgIpc) is 2.49. The van der Waals surface area contributed by atoms with Gasteiger partial charge < -0.3 is 15.5 Å². The summed E-state index contributed by atoms with van der Waals surface area (Å²) in [6.45, 7) is 5.16. The third-order valence-corrected chi connectivity index (χ3v) is 4.10. The molecule has 0 aliphatic carbocycles. The monoisotopic (exact) mass is 369 g/mol. The lowest BCUT2D eigenvalue weighted by atomic mass is 10.0. The summed E-state index contributed by atoms with van der Waals surface area (Å²) in [5, 5.41) is 5.86. The number of hydrogen-bond acceptors (Lipinski definition) is 3. The van der Waals surface area contributed by atoms with Crippen LogP contribution in [0.5, 0.6) is 0 Å².